The molecule has 1 atom stereocenters. The highest BCUT2D eigenvalue weighted by molar-refractivity contribution is 7.86. The van der Waals surface area contributed by atoms with E-state index in [0.717, 1.165) is 18.2 Å². The summed E-state index contributed by atoms with van der Waals surface area (Å²) in [5.41, 5.74) is -0.285. The van der Waals surface area contributed by atoms with Gasteiger partial charge in [0, 0.05) is 22.8 Å². The lowest BCUT2D eigenvalue weighted by molar-refractivity contribution is -0.0516. The van der Waals surface area contributed by atoms with Gasteiger partial charge in [-0.2, -0.15) is 8.78 Å². The van der Waals surface area contributed by atoms with Crippen LogP contribution in [0.5, 0.6) is 11.5 Å². The zero-order valence-electron chi connectivity index (χ0n) is 17.0. The number of carbonyl (C=O) groups excluding carboxylic acids is 1. The van der Waals surface area contributed by atoms with E-state index in [2.05, 4.69) is 14.8 Å². The van der Waals surface area contributed by atoms with Crippen LogP contribution in [0.4, 0.5) is 23.2 Å². The van der Waals surface area contributed by atoms with Gasteiger partial charge >= 0.3 is 6.61 Å². The number of alkyl halides is 2. The molecule has 0 saturated carbocycles. The summed E-state index contributed by atoms with van der Waals surface area (Å²) in [7, 11) is -2.44. The highest BCUT2D eigenvalue weighted by Gasteiger charge is 2.24. The molecule has 0 aromatic heterocycles. The van der Waals surface area contributed by atoms with Crippen molar-refractivity contribution < 1.29 is 36.0 Å². The molecule has 1 aliphatic rings. The maximum atomic E-state index is 14.7. The second-order valence-electron chi connectivity index (χ2n) is 6.95. The number of ether oxygens (including phenoxy) is 2. The molecule has 1 amide bonds. The summed E-state index contributed by atoms with van der Waals surface area (Å²) in [6.45, 7) is -3.30. The van der Waals surface area contributed by atoms with Crippen LogP contribution in [0.2, 0.25) is 5.02 Å². The zero-order chi connectivity index (χ0) is 24.4. The number of carbonyl (C=O) groups is 1. The van der Waals surface area contributed by atoms with Gasteiger partial charge in [0.1, 0.15) is 28.9 Å². The first-order chi connectivity index (χ1) is 16.2. The van der Waals surface area contributed by atoms with Crippen molar-refractivity contribution in [3.63, 3.8) is 0 Å². The van der Waals surface area contributed by atoms with Gasteiger partial charge in [-0.15, -0.1) is 0 Å². The van der Waals surface area contributed by atoms with E-state index in [1.165, 1.54) is 0 Å². The monoisotopic (exact) mass is 514 g/mol. The topological polar surface area (TPSA) is 76.7 Å². The molecule has 4 bridgehead atoms. The Hall–Kier alpha value is -3.31. The lowest BCUT2D eigenvalue weighted by Gasteiger charge is -2.16. The van der Waals surface area contributed by atoms with Crippen molar-refractivity contribution in [2.45, 2.75) is 11.5 Å². The minimum atomic E-state index is -3.31. The third kappa shape index (κ3) is 4.95. The van der Waals surface area contributed by atoms with Crippen molar-refractivity contribution in [2.24, 2.45) is 0 Å². The first-order valence-corrected chi connectivity index (χ1v) is 11.2. The number of amides is 1. The molecule has 12 heteroatoms. The minimum Gasteiger partial charge on any atom is -0.491 e. The van der Waals surface area contributed by atoms with E-state index in [1.54, 1.807) is 24.3 Å². The average Bonchev–Trinajstić information content (AvgIpc) is 2.79. The Morgan fingerprint density at radius 1 is 1.06 bits per heavy atom. The average molecular weight is 515 g/mol. The van der Waals surface area contributed by atoms with Crippen molar-refractivity contribution in [2.75, 3.05) is 17.9 Å². The van der Waals surface area contributed by atoms with Crippen molar-refractivity contribution in [3.8, 4) is 22.6 Å². The lowest BCUT2D eigenvalue weighted by Crippen LogP contribution is -2.28. The summed E-state index contributed by atoms with van der Waals surface area (Å²) in [5, 5.41) is 2.14. The van der Waals surface area contributed by atoms with Crippen LogP contribution in [0.1, 0.15) is 10.4 Å². The normalized spacial score (nSPS) is 15.8. The van der Waals surface area contributed by atoms with Gasteiger partial charge in [0.2, 0.25) is 0 Å². The van der Waals surface area contributed by atoms with Gasteiger partial charge in [-0.05, 0) is 24.3 Å². The van der Waals surface area contributed by atoms with Crippen LogP contribution >= 0.6 is 11.6 Å². The summed E-state index contributed by atoms with van der Waals surface area (Å²) in [4.78, 5) is 12.1. The number of rotatable bonds is 2. The predicted octanol–water partition coefficient (Wildman–Crippen LogP) is 5.14. The van der Waals surface area contributed by atoms with Gasteiger partial charge < -0.3 is 14.8 Å². The zero-order valence-corrected chi connectivity index (χ0v) is 18.6. The molecule has 1 unspecified atom stereocenters. The number of para-hydroxylation sites is 1. The molecule has 3 aromatic rings. The fourth-order valence-electron chi connectivity index (χ4n) is 3.27. The van der Waals surface area contributed by atoms with Gasteiger partial charge in [0.05, 0.1) is 17.3 Å². The maximum absolute atomic E-state index is 14.7. The van der Waals surface area contributed by atoms with Crippen LogP contribution in [0.3, 0.4) is 0 Å². The van der Waals surface area contributed by atoms with E-state index in [4.69, 9.17) is 16.3 Å². The summed E-state index contributed by atoms with van der Waals surface area (Å²) in [6, 6.07) is 10.1. The molecule has 0 fully saturated rings. The molecule has 1 aliphatic heterocycles. The van der Waals surface area contributed by atoms with Gasteiger partial charge in [-0.25, -0.2) is 13.0 Å². The molecule has 0 spiro atoms. The quantitative estimate of drug-likeness (QED) is 0.464. The summed E-state index contributed by atoms with van der Waals surface area (Å²) in [6.07, 6.45) is 0. The van der Waals surface area contributed by atoms with E-state index in [9.17, 15) is 26.6 Å². The number of benzene rings is 3. The summed E-state index contributed by atoms with van der Waals surface area (Å²) in [5.74, 6) is -3.04. The Bertz CT molecular complexity index is 1290. The molecule has 0 radical (unpaired) electrons. The molecule has 4 rings (SSSR count). The second kappa shape index (κ2) is 9.90. The van der Waals surface area contributed by atoms with Crippen LogP contribution in [0.25, 0.3) is 11.1 Å². The highest BCUT2D eigenvalue weighted by atomic mass is 35.5. The van der Waals surface area contributed by atoms with E-state index >= 15 is 0 Å². The molecule has 0 saturated heterocycles. The maximum Gasteiger partial charge on any atom is 0.387 e. The predicted molar refractivity (Wildman–Crippen MR) is 118 cm³/mol. The van der Waals surface area contributed by atoms with Gasteiger partial charge in [-0.1, -0.05) is 29.8 Å². The SMILES string of the molecule is O=C1NCCOc2ccccc2-c2cc(c(F)cc2F)NS(=O)c2cc1cc(Cl)c2OC(F)F. The molecule has 2 N–H and O–H groups in total. The van der Waals surface area contributed by atoms with Gasteiger partial charge in [-0.3, -0.25) is 9.52 Å². The molecular formula is C22H15ClF4N2O4S. The van der Waals surface area contributed by atoms with Crippen LogP contribution in [0, 0.1) is 11.6 Å². The molecule has 0 aliphatic carbocycles. The Morgan fingerprint density at radius 2 is 1.82 bits per heavy atom. The first-order valence-electron chi connectivity index (χ1n) is 9.71. The van der Waals surface area contributed by atoms with Crippen LogP contribution in [-0.2, 0) is 11.0 Å². The minimum absolute atomic E-state index is 0.00420. The second-order valence-corrected chi connectivity index (χ2v) is 8.54. The smallest absolute Gasteiger partial charge is 0.387 e. The fraction of sp³-hybridized carbons (Fsp3) is 0.136. The third-order valence-corrected chi connectivity index (χ3v) is 6.15. The molecule has 34 heavy (non-hydrogen) atoms. The summed E-state index contributed by atoms with van der Waals surface area (Å²) < 4.78 is 80.6. The van der Waals surface area contributed by atoms with Crippen LogP contribution < -0.4 is 19.5 Å². The van der Waals surface area contributed by atoms with E-state index in [-0.39, 0.29) is 35.6 Å². The number of halogens is 5. The molecule has 1 heterocycles. The number of hydrogen-bond donors (Lipinski definition) is 2. The molecule has 178 valence electrons. The third-order valence-electron chi connectivity index (χ3n) is 4.76. The number of nitrogens with one attached hydrogen (secondary N) is 2. The Kier molecular flexibility index (Phi) is 6.94. The standard InChI is InChI=1S/C22H15ClF4N2O4S/c23-14-7-11-8-19(20(14)33-22(26)27)34(31)29-17-9-13(15(24)10-16(17)25)12-3-1-2-4-18(12)32-6-5-28-21(11)30/h1-4,7-10,22,29H,5-6H2,(H,28,30). The Morgan fingerprint density at radius 3 is 2.59 bits per heavy atom. The van der Waals surface area contributed by atoms with Crippen molar-refractivity contribution in [1.82, 2.24) is 5.32 Å². The van der Waals surface area contributed by atoms with Crippen molar-refractivity contribution in [1.29, 1.82) is 0 Å². The fourth-order valence-corrected chi connectivity index (χ4v) is 4.62. The molecule has 3 aromatic carbocycles. The Balaban J connectivity index is 1.88. The highest BCUT2D eigenvalue weighted by Crippen LogP contribution is 2.37. The van der Waals surface area contributed by atoms with Gasteiger partial charge in [0.15, 0.2) is 16.7 Å². The van der Waals surface area contributed by atoms with Crippen molar-refractivity contribution >= 4 is 34.2 Å². The van der Waals surface area contributed by atoms with E-state index < -0.39 is 56.5 Å². The molecule has 6 nitrogen and oxygen atoms in total. The first kappa shape index (κ1) is 23.8. The Labute approximate surface area is 198 Å². The van der Waals surface area contributed by atoms with Crippen molar-refractivity contribution in [3.05, 3.63) is 70.8 Å². The lowest BCUT2D eigenvalue weighted by atomic mass is 10.0. The van der Waals surface area contributed by atoms with E-state index in [1.807, 2.05) is 0 Å². The largest absolute Gasteiger partial charge is 0.491 e. The van der Waals surface area contributed by atoms with Gasteiger partial charge in [0.25, 0.3) is 5.91 Å². The van der Waals surface area contributed by atoms with Crippen LogP contribution in [0.15, 0.2) is 53.4 Å². The number of anilines is 1. The number of hydrogen-bond acceptors (Lipinski definition) is 4. The molecular weight excluding hydrogens is 500 g/mol. The van der Waals surface area contributed by atoms with E-state index in [0.29, 0.717) is 6.07 Å². The van der Waals surface area contributed by atoms with Crippen LogP contribution in [-0.4, -0.2) is 29.9 Å². The summed E-state index contributed by atoms with van der Waals surface area (Å²) >= 11 is 6.03. The number of fused-ring (bicyclic) bond motifs is 6.